The van der Waals surface area contributed by atoms with E-state index >= 15 is 0 Å². The Morgan fingerprint density at radius 1 is 1.00 bits per heavy atom. The Balaban J connectivity index is 1.83. The zero-order valence-electron chi connectivity index (χ0n) is 15.8. The van der Waals surface area contributed by atoms with E-state index in [-0.39, 0.29) is 11.7 Å². The molecule has 0 radical (unpaired) electrons. The molecule has 4 rings (SSSR count). The molecule has 29 heavy (non-hydrogen) atoms. The van der Waals surface area contributed by atoms with Crippen molar-refractivity contribution in [2.75, 3.05) is 0 Å². The number of hydrogen-bond acceptors (Lipinski definition) is 2. The second-order valence-electron chi connectivity index (χ2n) is 7.11. The van der Waals surface area contributed by atoms with Crippen LogP contribution in [0.25, 0.3) is 5.57 Å². The van der Waals surface area contributed by atoms with Crippen LogP contribution in [-0.2, 0) is 11.3 Å². The first kappa shape index (κ1) is 19.7. The van der Waals surface area contributed by atoms with Gasteiger partial charge in [-0.05, 0) is 41.8 Å². The van der Waals surface area contributed by atoms with Gasteiger partial charge in [-0.1, -0.05) is 87.7 Å². The van der Waals surface area contributed by atoms with Gasteiger partial charge in [0.1, 0.15) is 0 Å². The molecule has 3 nitrogen and oxygen atoms in total. The van der Waals surface area contributed by atoms with Crippen molar-refractivity contribution in [3.63, 3.8) is 0 Å². The minimum Gasteiger partial charge on any atom is -0.503 e. The van der Waals surface area contributed by atoms with Crippen molar-refractivity contribution in [1.82, 2.24) is 4.90 Å². The van der Waals surface area contributed by atoms with Crippen molar-refractivity contribution < 1.29 is 9.90 Å². The summed E-state index contributed by atoms with van der Waals surface area (Å²) in [6.45, 7) is 2.37. The predicted molar refractivity (Wildman–Crippen MR) is 120 cm³/mol. The summed E-state index contributed by atoms with van der Waals surface area (Å²) < 4.78 is 0.887. The van der Waals surface area contributed by atoms with Crippen LogP contribution in [0.5, 0.6) is 0 Å². The minimum absolute atomic E-state index is 0.205. The first-order valence-corrected chi connectivity index (χ1v) is 10.4. The molecule has 5 heteroatoms. The lowest BCUT2D eigenvalue weighted by atomic mass is 9.93. The molecular formula is C24H19BrClNO2. The topological polar surface area (TPSA) is 40.5 Å². The highest BCUT2D eigenvalue weighted by atomic mass is 79.9. The number of amides is 1. The maximum atomic E-state index is 13.1. The van der Waals surface area contributed by atoms with Crippen molar-refractivity contribution in [3.8, 4) is 0 Å². The van der Waals surface area contributed by atoms with Gasteiger partial charge in [-0.15, -0.1) is 0 Å². The van der Waals surface area contributed by atoms with Crippen molar-refractivity contribution in [1.29, 1.82) is 0 Å². The van der Waals surface area contributed by atoms with Crippen LogP contribution in [0.15, 0.2) is 83.0 Å². The van der Waals surface area contributed by atoms with Crippen LogP contribution in [0, 0.1) is 6.92 Å². The van der Waals surface area contributed by atoms with Crippen LogP contribution in [0.2, 0.25) is 5.02 Å². The average molecular weight is 469 g/mol. The Hall–Kier alpha value is -2.56. The zero-order valence-corrected chi connectivity index (χ0v) is 18.1. The van der Waals surface area contributed by atoms with E-state index in [0.29, 0.717) is 17.1 Å². The Kier molecular flexibility index (Phi) is 5.48. The largest absolute Gasteiger partial charge is 0.503 e. The molecule has 1 N–H and O–H groups in total. The molecule has 0 aromatic heterocycles. The Morgan fingerprint density at radius 3 is 2.31 bits per heavy atom. The van der Waals surface area contributed by atoms with E-state index in [1.54, 1.807) is 17.0 Å². The number of aliphatic hydroxyl groups excluding tert-OH is 1. The van der Waals surface area contributed by atoms with E-state index in [0.717, 1.165) is 26.7 Å². The molecule has 0 saturated carbocycles. The third-order valence-electron chi connectivity index (χ3n) is 5.13. The lowest BCUT2D eigenvalue weighted by Crippen LogP contribution is -2.30. The molecule has 1 aliphatic rings. The van der Waals surface area contributed by atoms with E-state index in [1.165, 1.54) is 0 Å². The number of benzene rings is 3. The predicted octanol–water partition coefficient (Wildman–Crippen LogP) is 6.46. The zero-order chi connectivity index (χ0) is 20.5. The van der Waals surface area contributed by atoms with Gasteiger partial charge < -0.3 is 10.0 Å². The number of carbonyl (C=O) groups excluding carboxylic acids is 1. The quantitative estimate of drug-likeness (QED) is 0.477. The number of nitrogens with zero attached hydrogens (tertiary/aromatic N) is 1. The lowest BCUT2D eigenvalue weighted by molar-refractivity contribution is -0.130. The standard InChI is InChI=1S/C24H19BrClNO2/c1-15-6-10-17(11-7-15)21-22(19-4-2-3-5-20(19)25)27(24(29)23(21)28)14-16-8-12-18(26)13-9-16/h2-13,22,28H,14H2,1H3/t22-/m0/s1. The van der Waals surface area contributed by atoms with Crippen molar-refractivity contribution in [2.45, 2.75) is 19.5 Å². The van der Waals surface area contributed by atoms with Crippen molar-refractivity contribution >= 4 is 39.0 Å². The maximum Gasteiger partial charge on any atom is 0.290 e. The van der Waals surface area contributed by atoms with Gasteiger partial charge in [-0.25, -0.2) is 0 Å². The highest BCUT2D eigenvalue weighted by Gasteiger charge is 2.41. The fourth-order valence-corrected chi connectivity index (χ4v) is 4.28. The third kappa shape index (κ3) is 3.83. The number of halogens is 2. The van der Waals surface area contributed by atoms with Crippen LogP contribution >= 0.6 is 27.5 Å². The summed E-state index contributed by atoms with van der Waals surface area (Å²) in [5, 5.41) is 11.5. The molecule has 1 aliphatic heterocycles. The summed E-state index contributed by atoms with van der Waals surface area (Å²) in [5.74, 6) is -0.583. The van der Waals surface area contributed by atoms with Gasteiger partial charge >= 0.3 is 0 Å². The Bertz CT molecular complexity index is 1090. The van der Waals surface area contributed by atoms with Crippen LogP contribution in [-0.4, -0.2) is 15.9 Å². The van der Waals surface area contributed by atoms with Crippen LogP contribution in [0.4, 0.5) is 0 Å². The van der Waals surface area contributed by atoms with E-state index in [2.05, 4.69) is 15.9 Å². The molecule has 146 valence electrons. The summed E-state index contributed by atoms with van der Waals surface area (Å²) in [5.41, 5.74) is 4.44. The third-order valence-corrected chi connectivity index (χ3v) is 6.11. The molecule has 0 fully saturated rings. The Labute approximate surface area is 183 Å². The van der Waals surface area contributed by atoms with Crippen molar-refractivity contribution in [3.05, 3.63) is 110 Å². The van der Waals surface area contributed by atoms with Gasteiger partial charge in [0.15, 0.2) is 5.76 Å². The molecule has 0 spiro atoms. The van der Waals surface area contributed by atoms with E-state index in [9.17, 15) is 9.90 Å². The van der Waals surface area contributed by atoms with Crippen molar-refractivity contribution in [2.24, 2.45) is 0 Å². The fraction of sp³-hybridized carbons (Fsp3) is 0.125. The van der Waals surface area contributed by atoms with Crippen LogP contribution < -0.4 is 0 Å². The molecule has 1 amide bonds. The van der Waals surface area contributed by atoms with Gasteiger partial charge in [0, 0.05) is 21.6 Å². The Morgan fingerprint density at radius 2 is 1.66 bits per heavy atom. The van der Waals surface area contributed by atoms with Gasteiger partial charge in [0.05, 0.1) is 6.04 Å². The first-order valence-electron chi connectivity index (χ1n) is 9.25. The maximum absolute atomic E-state index is 13.1. The number of aryl methyl sites for hydroxylation is 1. The summed E-state index contributed by atoms with van der Waals surface area (Å²) in [7, 11) is 0. The molecule has 1 atom stereocenters. The highest BCUT2D eigenvalue weighted by molar-refractivity contribution is 9.10. The highest BCUT2D eigenvalue weighted by Crippen LogP contribution is 2.45. The molecule has 3 aromatic carbocycles. The fourth-order valence-electron chi connectivity index (χ4n) is 3.65. The van der Waals surface area contributed by atoms with Crippen LogP contribution in [0.3, 0.4) is 0 Å². The molecule has 0 aliphatic carbocycles. The van der Waals surface area contributed by atoms with Crippen LogP contribution in [0.1, 0.15) is 28.3 Å². The molecule has 0 bridgehead atoms. The molecule has 0 unspecified atom stereocenters. The van der Waals surface area contributed by atoms with E-state index < -0.39 is 6.04 Å². The molecule has 3 aromatic rings. The van der Waals surface area contributed by atoms with Gasteiger partial charge in [-0.3, -0.25) is 4.79 Å². The van der Waals surface area contributed by atoms with Gasteiger partial charge in [0.25, 0.3) is 5.91 Å². The summed E-state index contributed by atoms with van der Waals surface area (Å²) >= 11 is 9.63. The summed E-state index contributed by atoms with van der Waals surface area (Å²) in [6, 6.07) is 22.7. The minimum atomic E-state index is -0.406. The van der Waals surface area contributed by atoms with Gasteiger partial charge in [0.2, 0.25) is 0 Å². The first-order chi connectivity index (χ1) is 14.0. The summed E-state index contributed by atoms with van der Waals surface area (Å²) in [4.78, 5) is 14.8. The smallest absolute Gasteiger partial charge is 0.290 e. The average Bonchev–Trinajstić information content (AvgIpc) is 2.95. The number of carbonyl (C=O) groups is 1. The van der Waals surface area contributed by atoms with E-state index in [1.807, 2.05) is 67.6 Å². The number of aliphatic hydroxyl groups is 1. The van der Waals surface area contributed by atoms with Gasteiger partial charge in [-0.2, -0.15) is 0 Å². The van der Waals surface area contributed by atoms with E-state index in [4.69, 9.17) is 11.6 Å². The second-order valence-corrected chi connectivity index (χ2v) is 8.40. The number of rotatable bonds is 4. The second kappa shape index (κ2) is 8.05. The monoisotopic (exact) mass is 467 g/mol. The molecule has 0 saturated heterocycles. The molecule has 1 heterocycles. The summed E-state index contributed by atoms with van der Waals surface area (Å²) in [6.07, 6.45) is 0. The lowest BCUT2D eigenvalue weighted by Gasteiger charge is -2.28. The number of hydrogen-bond donors (Lipinski definition) is 1. The SMILES string of the molecule is Cc1ccc(C2=C(O)C(=O)N(Cc3ccc(Cl)cc3)[C@H]2c2ccccc2Br)cc1. The molecular weight excluding hydrogens is 450 g/mol. The normalized spacial score (nSPS) is 16.6.